The van der Waals surface area contributed by atoms with Gasteiger partial charge in [-0.05, 0) is 83.6 Å². The summed E-state index contributed by atoms with van der Waals surface area (Å²) in [7, 11) is -8.84. The Morgan fingerprint density at radius 1 is 0.545 bits per heavy atom. The van der Waals surface area contributed by atoms with Crippen LogP contribution >= 0.6 is 0 Å². The molecular weight excluding hydrogens is 488 g/mol. The van der Waals surface area contributed by atoms with Gasteiger partial charge in [0, 0.05) is 0 Å². The van der Waals surface area contributed by atoms with Crippen molar-refractivity contribution >= 4 is 79.5 Å². The normalized spacial score (nSPS) is 11.6. The van der Waals surface area contributed by atoms with Crippen molar-refractivity contribution < 1.29 is 25.9 Å². The third kappa shape index (κ3) is 5.95. The summed E-state index contributed by atoms with van der Waals surface area (Å²) in [6, 6.07) is 17.0. The molecular formula is C24H22CaO6S2. The second kappa shape index (κ2) is 10.4. The number of benzene rings is 4. The smallest absolute Gasteiger partial charge is 0.744 e. The van der Waals surface area contributed by atoms with E-state index in [0.29, 0.717) is 10.8 Å². The summed E-state index contributed by atoms with van der Waals surface area (Å²) >= 11 is 0. The molecule has 0 bridgehead atoms. The average Bonchev–Trinajstić information content (AvgIpc) is 2.72. The Balaban J connectivity index is 0.000000227. The third-order valence-electron chi connectivity index (χ3n) is 5.61. The molecule has 0 saturated heterocycles. The molecule has 0 amide bonds. The fourth-order valence-electron chi connectivity index (χ4n) is 3.65. The Kier molecular flexibility index (Phi) is 8.73. The zero-order valence-electron chi connectivity index (χ0n) is 18.7. The van der Waals surface area contributed by atoms with E-state index in [9.17, 15) is 25.9 Å². The number of hydrogen-bond donors (Lipinski definition) is 0. The van der Waals surface area contributed by atoms with Crippen molar-refractivity contribution in [1.29, 1.82) is 0 Å². The molecule has 0 fully saturated rings. The van der Waals surface area contributed by atoms with Crippen LogP contribution in [0.15, 0.2) is 70.5 Å². The Hall–Kier alpha value is -1.52. The van der Waals surface area contributed by atoms with Gasteiger partial charge in [-0.1, -0.05) is 48.5 Å². The molecule has 9 heteroatoms. The first-order chi connectivity index (χ1) is 14.8. The van der Waals surface area contributed by atoms with Gasteiger partial charge >= 0.3 is 37.7 Å². The number of aryl methyl sites for hydroxylation is 4. The van der Waals surface area contributed by atoms with Gasteiger partial charge in [-0.15, -0.1) is 0 Å². The van der Waals surface area contributed by atoms with Crippen LogP contribution in [-0.4, -0.2) is 63.7 Å². The molecule has 0 aliphatic rings. The summed E-state index contributed by atoms with van der Waals surface area (Å²) in [5.41, 5.74) is 3.63. The molecule has 0 heterocycles. The van der Waals surface area contributed by atoms with E-state index in [0.717, 1.165) is 33.0 Å². The second-order valence-corrected chi connectivity index (χ2v) is 10.3. The number of rotatable bonds is 2. The van der Waals surface area contributed by atoms with Gasteiger partial charge < -0.3 is 9.11 Å². The van der Waals surface area contributed by atoms with Crippen molar-refractivity contribution in [3.05, 3.63) is 82.9 Å². The minimum absolute atomic E-state index is 0. The zero-order chi connectivity index (χ0) is 23.8. The maximum Gasteiger partial charge on any atom is 2.00 e. The minimum atomic E-state index is -4.42. The van der Waals surface area contributed by atoms with Crippen LogP contribution in [0.25, 0.3) is 21.5 Å². The SMILES string of the molecule is Cc1cc(S(=O)(=O)[O-])c2ccccc2c1C.Cc1cc(S(=O)(=O)[O-])c2ccccc2c1C.[Ca+2]. The van der Waals surface area contributed by atoms with E-state index < -0.39 is 20.2 Å². The molecule has 0 radical (unpaired) electrons. The predicted molar refractivity (Wildman–Crippen MR) is 129 cm³/mol. The van der Waals surface area contributed by atoms with Crippen molar-refractivity contribution in [3.63, 3.8) is 0 Å². The van der Waals surface area contributed by atoms with E-state index in [2.05, 4.69) is 0 Å². The van der Waals surface area contributed by atoms with E-state index in [1.807, 2.05) is 38.1 Å². The Labute approximate surface area is 224 Å². The standard InChI is InChI=1S/2C12H12O3S.Ca/c2*1-8-7-12(16(13,14)15)11-6-4-3-5-10(11)9(8)2;/h2*3-7H,1-2H3,(H,13,14,15);/q;;+2/p-2. The summed E-state index contributed by atoms with van der Waals surface area (Å²) in [6.45, 7) is 7.44. The van der Waals surface area contributed by atoms with Gasteiger partial charge in [0.2, 0.25) is 0 Å². The molecule has 0 N–H and O–H groups in total. The van der Waals surface area contributed by atoms with Gasteiger partial charge in [-0.3, -0.25) is 0 Å². The maximum atomic E-state index is 11.2. The molecule has 0 saturated carbocycles. The summed E-state index contributed by atoms with van der Waals surface area (Å²) < 4.78 is 66.9. The minimum Gasteiger partial charge on any atom is -0.744 e. The fraction of sp³-hybridized carbons (Fsp3) is 0.167. The first-order valence-electron chi connectivity index (χ1n) is 9.72. The molecule has 0 spiro atoms. The molecule has 0 unspecified atom stereocenters. The average molecular weight is 511 g/mol. The van der Waals surface area contributed by atoms with Gasteiger partial charge in [-0.25, -0.2) is 16.8 Å². The zero-order valence-corrected chi connectivity index (χ0v) is 22.6. The second-order valence-electron chi connectivity index (χ2n) is 7.63. The van der Waals surface area contributed by atoms with Gasteiger partial charge in [0.05, 0.1) is 9.79 Å². The fourth-order valence-corrected chi connectivity index (χ4v) is 5.19. The molecule has 6 nitrogen and oxygen atoms in total. The van der Waals surface area contributed by atoms with Crippen molar-refractivity contribution in [1.82, 2.24) is 0 Å². The van der Waals surface area contributed by atoms with Crippen LogP contribution in [0.3, 0.4) is 0 Å². The van der Waals surface area contributed by atoms with E-state index in [-0.39, 0.29) is 47.5 Å². The molecule has 0 aliphatic carbocycles. The molecule has 33 heavy (non-hydrogen) atoms. The monoisotopic (exact) mass is 510 g/mol. The molecule has 168 valence electrons. The first kappa shape index (κ1) is 27.7. The van der Waals surface area contributed by atoms with Crippen LogP contribution in [0.5, 0.6) is 0 Å². The summed E-state index contributed by atoms with van der Waals surface area (Å²) in [4.78, 5) is -0.266. The van der Waals surface area contributed by atoms with Crippen molar-refractivity contribution in [2.24, 2.45) is 0 Å². The first-order valence-corrected chi connectivity index (χ1v) is 12.5. The topological polar surface area (TPSA) is 114 Å². The maximum absolute atomic E-state index is 11.2. The largest absolute Gasteiger partial charge is 2.00 e. The third-order valence-corrected chi connectivity index (χ3v) is 7.36. The van der Waals surface area contributed by atoms with E-state index in [1.54, 1.807) is 38.1 Å². The van der Waals surface area contributed by atoms with Crippen LogP contribution in [0.4, 0.5) is 0 Å². The number of fused-ring (bicyclic) bond motifs is 2. The summed E-state index contributed by atoms with van der Waals surface area (Å²) in [5, 5.41) is 2.63. The van der Waals surface area contributed by atoms with Gasteiger partial charge in [0.1, 0.15) is 20.2 Å². The number of hydrogen-bond acceptors (Lipinski definition) is 6. The van der Waals surface area contributed by atoms with Crippen LogP contribution in [0, 0.1) is 27.7 Å². The Bertz CT molecular complexity index is 1440. The van der Waals surface area contributed by atoms with Crippen molar-refractivity contribution in [2.45, 2.75) is 37.5 Å². The molecule has 0 atom stereocenters. The summed E-state index contributed by atoms with van der Waals surface area (Å²) in [5.74, 6) is 0. The van der Waals surface area contributed by atoms with Gasteiger partial charge in [0.15, 0.2) is 0 Å². The van der Waals surface area contributed by atoms with Crippen LogP contribution in [0.1, 0.15) is 22.3 Å². The van der Waals surface area contributed by atoms with Gasteiger partial charge in [0.25, 0.3) is 0 Å². The molecule has 4 aromatic carbocycles. The van der Waals surface area contributed by atoms with Gasteiger partial charge in [-0.2, -0.15) is 0 Å². The molecule has 4 aromatic rings. The van der Waals surface area contributed by atoms with Crippen LogP contribution < -0.4 is 0 Å². The van der Waals surface area contributed by atoms with E-state index in [1.165, 1.54) is 12.1 Å². The van der Waals surface area contributed by atoms with Crippen LogP contribution in [-0.2, 0) is 20.2 Å². The van der Waals surface area contributed by atoms with Crippen molar-refractivity contribution in [3.8, 4) is 0 Å². The molecule has 4 rings (SSSR count). The summed E-state index contributed by atoms with van der Waals surface area (Å²) in [6.07, 6.45) is 0. The quantitative estimate of drug-likeness (QED) is 0.293. The van der Waals surface area contributed by atoms with Crippen molar-refractivity contribution in [2.75, 3.05) is 0 Å². The van der Waals surface area contributed by atoms with E-state index >= 15 is 0 Å². The Morgan fingerprint density at radius 3 is 1.09 bits per heavy atom. The molecule has 0 aliphatic heterocycles. The van der Waals surface area contributed by atoms with E-state index in [4.69, 9.17) is 0 Å². The molecule has 0 aromatic heterocycles. The predicted octanol–water partition coefficient (Wildman–Crippen LogP) is 4.34. The Morgan fingerprint density at radius 2 is 0.818 bits per heavy atom. The van der Waals surface area contributed by atoms with Crippen LogP contribution in [0.2, 0.25) is 0 Å².